The number of halogens is 2. The van der Waals surface area contributed by atoms with Crippen molar-refractivity contribution in [2.45, 2.75) is 4.90 Å². The molecule has 0 aliphatic heterocycles. The van der Waals surface area contributed by atoms with Crippen LogP contribution in [0.1, 0.15) is 10.4 Å². The highest BCUT2D eigenvalue weighted by molar-refractivity contribution is 7.92. The van der Waals surface area contributed by atoms with Crippen LogP contribution in [0.2, 0.25) is 10.0 Å². The van der Waals surface area contributed by atoms with E-state index in [2.05, 4.69) is 10.0 Å². The molecule has 0 atom stereocenters. The number of amides is 1. The maximum Gasteiger partial charge on any atom is 0.261 e. The second-order valence-electron chi connectivity index (χ2n) is 7.14. The van der Waals surface area contributed by atoms with Gasteiger partial charge in [-0.2, -0.15) is 0 Å². The molecule has 0 aliphatic carbocycles. The Morgan fingerprint density at radius 2 is 1.42 bits per heavy atom. The van der Waals surface area contributed by atoms with Gasteiger partial charge in [0.05, 0.1) is 23.3 Å². The Labute approximate surface area is 201 Å². The van der Waals surface area contributed by atoms with Crippen LogP contribution in [0.4, 0.5) is 11.4 Å². The molecule has 0 aliphatic rings. The average molecular weight is 501 g/mol. The largest absolute Gasteiger partial charge is 0.496 e. The van der Waals surface area contributed by atoms with E-state index in [9.17, 15) is 13.2 Å². The molecular formula is C24H18Cl2N2O4S. The number of nitrogens with one attached hydrogen (secondary N) is 2. The minimum Gasteiger partial charge on any atom is -0.496 e. The minimum atomic E-state index is -3.88. The average Bonchev–Trinajstić information content (AvgIpc) is 2.77. The third kappa shape index (κ3) is 5.22. The molecule has 0 bridgehead atoms. The van der Waals surface area contributed by atoms with E-state index in [0.717, 1.165) is 10.8 Å². The fourth-order valence-corrected chi connectivity index (χ4v) is 4.87. The highest BCUT2D eigenvalue weighted by Gasteiger charge is 2.17. The Hall–Kier alpha value is -3.26. The normalized spacial score (nSPS) is 11.2. The molecule has 33 heavy (non-hydrogen) atoms. The van der Waals surface area contributed by atoms with Crippen LogP contribution in [-0.2, 0) is 10.0 Å². The van der Waals surface area contributed by atoms with Gasteiger partial charge < -0.3 is 10.1 Å². The summed E-state index contributed by atoms with van der Waals surface area (Å²) in [6, 6.07) is 21.4. The Kier molecular flexibility index (Phi) is 6.47. The first kappa shape index (κ1) is 22.9. The molecule has 2 N–H and O–H groups in total. The predicted octanol–water partition coefficient (Wildman–Crippen LogP) is 6.21. The van der Waals surface area contributed by atoms with Crippen LogP contribution in [0.25, 0.3) is 10.8 Å². The summed E-state index contributed by atoms with van der Waals surface area (Å²) in [5.41, 5.74) is 1.04. The van der Waals surface area contributed by atoms with Gasteiger partial charge in [-0.05, 0) is 65.4 Å². The summed E-state index contributed by atoms with van der Waals surface area (Å²) in [5.74, 6) is 0.0645. The van der Waals surface area contributed by atoms with Crippen molar-refractivity contribution in [1.82, 2.24) is 0 Å². The molecule has 0 radical (unpaired) electrons. The van der Waals surface area contributed by atoms with E-state index in [1.807, 2.05) is 24.3 Å². The van der Waals surface area contributed by atoms with Crippen molar-refractivity contribution in [2.24, 2.45) is 0 Å². The van der Waals surface area contributed by atoms with Crippen molar-refractivity contribution < 1.29 is 17.9 Å². The monoisotopic (exact) mass is 500 g/mol. The molecule has 0 saturated carbocycles. The third-order valence-electron chi connectivity index (χ3n) is 4.85. The summed E-state index contributed by atoms with van der Waals surface area (Å²) in [6.07, 6.45) is 0. The number of sulfonamides is 1. The Morgan fingerprint density at radius 1 is 0.818 bits per heavy atom. The maximum absolute atomic E-state index is 12.9. The molecule has 0 saturated heterocycles. The molecule has 6 nitrogen and oxygen atoms in total. The lowest BCUT2D eigenvalue weighted by Crippen LogP contribution is -2.15. The molecule has 4 rings (SSSR count). The number of rotatable bonds is 6. The number of hydrogen-bond acceptors (Lipinski definition) is 4. The van der Waals surface area contributed by atoms with E-state index in [4.69, 9.17) is 27.9 Å². The second-order valence-corrected chi connectivity index (χ2v) is 9.70. The number of hydrogen-bond donors (Lipinski definition) is 2. The number of ether oxygens (including phenoxy) is 1. The van der Waals surface area contributed by atoms with Gasteiger partial charge >= 0.3 is 0 Å². The van der Waals surface area contributed by atoms with Crippen molar-refractivity contribution in [3.63, 3.8) is 0 Å². The molecule has 4 aromatic carbocycles. The van der Waals surface area contributed by atoms with E-state index < -0.39 is 10.0 Å². The van der Waals surface area contributed by atoms with Gasteiger partial charge in [-0.25, -0.2) is 8.42 Å². The van der Waals surface area contributed by atoms with Crippen LogP contribution in [0.15, 0.2) is 83.8 Å². The molecular weight excluding hydrogens is 483 g/mol. The van der Waals surface area contributed by atoms with Gasteiger partial charge in [0.1, 0.15) is 5.75 Å². The van der Waals surface area contributed by atoms with Gasteiger partial charge in [-0.15, -0.1) is 0 Å². The lowest BCUT2D eigenvalue weighted by atomic mass is 10.1. The Morgan fingerprint density at radius 3 is 2.03 bits per heavy atom. The van der Waals surface area contributed by atoms with Crippen molar-refractivity contribution >= 4 is 61.3 Å². The lowest BCUT2D eigenvalue weighted by Gasteiger charge is -2.12. The maximum atomic E-state index is 12.9. The first-order valence-corrected chi connectivity index (χ1v) is 12.0. The number of carbonyl (C=O) groups excluding carboxylic acids is 1. The van der Waals surface area contributed by atoms with Crippen LogP contribution < -0.4 is 14.8 Å². The summed E-state index contributed by atoms with van der Waals surface area (Å²) in [7, 11) is -2.38. The summed E-state index contributed by atoms with van der Waals surface area (Å²) in [4.78, 5) is 12.9. The molecule has 0 fully saturated rings. The van der Waals surface area contributed by atoms with Gasteiger partial charge in [-0.3, -0.25) is 9.52 Å². The fraction of sp³-hybridized carbons (Fsp3) is 0.0417. The molecule has 1 amide bonds. The molecule has 0 spiro atoms. The second kappa shape index (κ2) is 9.31. The van der Waals surface area contributed by atoms with E-state index >= 15 is 0 Å². The molecule has 0 unspecified atom stereocenters. The van der Waals surface area contributed by atoms with Crippen LogP contribution in [0.5, 0.6) is 5.75 Å². The summed E-state index contributed by atoms with van der Waals surface area (Å²) in [6.45, 7) is 0. The smallest absolute Gasteiger partial charge is 0.261 e. The van der Waals surface area contributed by atoms with E-state index in [1.165, 1.54) is 49.6 Å². The van der Waals surface area contributed by atoms with Crippen LogP contribution in [0.3, 0.4) is 0 Å². The SMILES string of the molecule is COc1cc2ccccc2cc1C(=O)Nc1ccc(S(=O)(=O)Nc2cc(Cl)cc(Cl)c2)cc1. The number of anilines is 2. The number of methoxy groups -OCH3 is 1. The summed E-state index contributed by atoms with van der Waals surface area (Å²) in [5, 5.41) is 5.24. The van der Waals surface area contributed by atoms with Crippen molar-refractivity contribution in [1.29, 1.82) is 0 Å². The number of fused-ring (bicyclic) bond motifs is 1. The first-order chi connectivity index (χ1) is 15.7. The van der Waals surface area contributed by atoms with E-state index in [-0.39, 0.29) is 16.5 Å². The van der Waals surface area contributed by atoms with Gasteiger partial charge in [0.2, 0.25) is 0 Å². The number of carbonyl (C=O) groups is 1. The molecule has 4 aromatic rings. The van der Waals surface area contributed by atoms with E-state index in [1.54, 1.807) is 12.1 Å². The highest BCUT2D eigenvalue weighted by atomic mass is 35.5. The Bertz CT molecular complexity index is 1440. The van der Waals surface area contributed by atoms with Crippen LogP contribution >= 0.6 is 23.2 Å². The molecule has 168 valence electrons. The zero-order valence-corrected chi connectivity index (χ0v) is 19.6. The van der Waals surface area contributed by atoms with Crippen molar-refractivity contribution in [3.05, 3.63) is 94.5 Å². The standard InChI is InChI=1S/C24H18Cl2N2O4S/c1-32-23-11-16-5-3-2-4-15(16)10-22(23)24(29)27-19-6-8-21(9-7-19)33(30,31)28-20-13-17(25)12-18(26)14-20/h2-14,28H,1H3,(H,27,29). The predicted molar refractivity (Wildman–Crippen MR) is 132 cm³/mol. The molecule has 0 heterocycles. The first-order valence-electron chi connectivity index (χ1n) is 9.72. The summed E-state index contributed by atoms with van der Waals surface area (Å²) < 4.78 is 33.2. The third-order valence-corrected chi connectivity index (χ3v) is 6.68. The topological polar surface area (TPSA) is 84.5 Å². The molecule has 0 aromatic heterocycles. The van der Waals surface area contributed by atoms with Crippen molar-refractivity contribution in [2.75, 3.05) is 17.1 Å². The van der Waals surface area contributed by atoms with Gasteiger partial charge in [0.15, 0.2) is 0 Å². The van der Waals surface area contributed by atoms with Crippen LogP contribution in [0, 0.1) is 0 Å². The van der Waals surface area contributed by atoms with Crippen LogP contribution in [-0.4, -0.2) is 21.4 Å². The number of benzene rings is 4. The minimum absolute atomic E-state index is 0.0138. The van der Waals surface area contributed by atoms with Gasteiger partial charge in [-0.1, -0.05) is 47.5 Å². The molecule has 9 heteroatoms. The summed E-state index contributed by atoms with van der Waals surface area (Å²) >= 11 is 11.9. The zero-order chi connectivity index (χ0) is 23.6. The zero-order valence-electron chi connectivity index (χ0n) is 17.3. The quantitative estimate of drug-likeness (QED) is 0.329. The van der Waals surface area contributed by atoms with Gasteiger partial charge in [0.25, 0.3) is 15.9 Å². The fourth-order valence-electron chi connectivity index (χ4n) is 3.31. The van der Waals surface area contributed by atoms with Gasteiger partial charge in [0, 0.05) is 15.7 Å². The van der Waals surface area contributed by atoms with Crippen molar-refractivity contribution in [3.8, 4) is 5.75 Å². The highest BCUT2D eigenvalue weighted by Crippen LogP contribution is 2.28. The Balaban J connectivity index is 1.54. The lowest BCUT2D eigenvalue weighted by molar-refractivity contribution is 0.102. The van der Waals surface area contributed by atoms with E-state index in [0.29, 0.717) is 27.0 Å².